The van der Waals surface area contributed by atoms with Gasteiger partial charge in [0.15, 0.2) is 0 Å². The van der Waals surface area contributed by atoms with Gasteiger partial charge in [-0.05, 0) is 47.4 Å². The van der Waals surface area contributed by atoms with Crippen molar-refractivity contribution in [3.63, 3.8) is 0 Å². The summed E-state index contributed by atoms with van der Waals surface area (Å²) in [5, 5.41) is 19.1. The Labute approximate surface area is 328 Å². The molecule has 1 fully saturated rings. The number of benzene rings is 3. The number of nitrogen functional groups attached to an aromatic ring is 1. The third kappa shape index (κ3) is 12.4. The number of nitrogens with two attached hydrogens (primary N) is 1. The minimum atomic E-state index is -4.10. The molecule has 0 aliphatic carbocycles. The zero-order valence-electron chi connectivity index (χ0n) is 31.8. The van der Waals surface area contributed by atoms with E-state index in [2.05, 4.69) is 35.8 Å². The van der Waals surface area contributed by atoms with E-state index in [0.29, 0.717) is 54.0 Å². The van der Waals surface area contributed by atoms with Crippen molar-refractivity contribution in [3.8, 4) is 0 Å². The van der Waals surface area contributed by atoms with E-state index in [1.807, 2.05) is 0 Å². The Morgan fingerprint density at radius 3 is 1.79 bits per heavy atom. The molecule has 0 saturated carbocycles. The third-order valence-corrected chi connectivity index (χ3v) is 11.6. The number of amidine groups is 1. The lowest BCUT2D eigenvalue weighted by molar-refractivity contribution is -0.129. The number of hydrogen-bond donors (Lipinski definition) is 7. The maximum Gasteiger partial charge on any atom is 0.279 e. The second-order valence-corrected chi connectivity index (χ2v) is 15.9. The molecule has 5 aliphatic heterocycles. The number of anilines is 2. The number of carbonyl (C=O) groups is 4. The van der Waals surface area contributed by atoms with Crippen LogP contribution in [0.1, 0.15) is 42.0 Å². The molecule has 5 heterocycles. The summed E-state index contributed by atoms with van der Waals surface area (Å²) in [6.07, 6.45) is 0.629. The molecule has 0 spiro atoms. The van der Waals surface area contributed by atoms with E-state index in [0.717, 1.165) is 36.0 Å². The maximum absolute atomic E-state index is 14.1. The quantitative estimate of drug-likeness (QED) is 0.128. The molecule has 5 aliphatic rings. The van der Waals surface area contributed by atoms with Crippen LogP contribution in [0.2, 0.25) is 0 Å². The van der Waals surface area contributed by atoms with Crippen LogP contribution in [0.15, 0.2) is 72.8 Å². The summed E-state index contributed by atoms with van der Waals surface area (Å²) >= 11 is 0. The Balaban J connectivity index is 1.41. The second-order valence-electron chi connectivity index (χ2n) is 14.1. The number of rotatable bonds is 8. The molecule has 3 aromatic rings. The summed E-state index contributed by atoms with van der Waals surface area (Å²) in [5.41, 5.74) is 9.31. The summed E-state index contributed by atoms with van der Waals surface area (Å²) in [5.74, 6) is -1.58. The van der Waals surface area contributed by atoms with E-state index in [4.69, 9.17) is 11.1 Å². The van der Waals surface area contributed by atoms with Crippen LogP contribution in [0, 0.1) is 5.41 Å². The highest BCUT2D eigenvalue weighted by Crippen LogP contribution is 2.16. The molecule has 6 bridgehead atoms. The zero-order chi connectivity index (χ0) is 40.2. The van der Waals surface area contributed by atoms with Crippen LogP contribution in [-0.2, 0) is 48.8 Å². The Kier molecular flexibility index (Phi) is 14.7. The Hall–Kier alpha value is -5.20. The summed E-state index contributed by atoms with van der Waals surface area (Å²) in [7, 11) is -2.70. The standard InChI is InChI=1S/C39H52N10O6S/c1-3-47(2)56(54,55)46-34-25-28-8-14-32(15-9-28)44-36(51)17-19-49-22-20-48(21-23-49)18-16-35(50)43-31-12-6-27(7-13-31)24-33(45-39(34)53)38(52)42-26-29-4-10-30(11-5-29)37(40)41/h4-15,33-34,46H,3,16-26H2,1-2H3,(H3,40,41)(H,42,52)(H,43,50)(H,44,51)(H,45,53)/t33-,34+/m0/s1. The molecule has 1 saturated heterocycles. The minimum absolute atomic E-state index is 0.0476. The Morgan fingerprint density at radius 1 is 0.804 bits per heavy atom. The fourth-order valence-electron chi connectivity index (χ4n) is 6.35. The van der Waals surface area contributed by atoms with Crippen LogP contribution < -0.4 is 31.7 Å². The van der Waals surface area contributed by atoms with Gasteiger partial charge in [-0.2, -0.15) is 17.4 Å². The lowest BCUT2D eigenvalue weighted by Crippen LogP contribution is -2.56. The van der Waals surface area contributed by atoms with Crippen LogP contribution in [0.3, 0.4) is 0 Å². The van der Waals surface area contributed by atoms with Gasteiger partial charge in [-0.3, -0.25) is 24.6 Å². The largest absolute Gasteiger partial charge is 0.384 e. The van der Waals surface area contributed by atoms with Crippen molar-refractivity contribution >= 4 is 51.0 Å². The number of carbonyl (C=O) groups excluding carboxylic acids is 4. The summed E-state index contributed by atoms with van der Waals surface area (Å²) in [6.45, 7) is 6.34. The second kappa shape index (κ2) is 19.6. The van der Waals surface area contributed by atoms with Gasteiger partial charge < -0.3 is 36.8 Å². The number of piperazine rings is 1. The molecule has 2 atom stereocenters. The molecule has 0 unspecified atom stereocenters. The SMILES string of the molecule is CCN(C)S(=O)(=O)N[C@@H]1Cc2ccc(cc2)NC(=O)CCN2CCN(CCC(=O)Nc3ccc(cc3)C[C@@H](C(=O)NCc3ccc(C(=N)N)cc3)NC1=O)CC2. The van der Waals surface area contributed by atoms with E-state index >= 15 is 0 Å². The van der Waals surface area contributed by atoms with E-state index in [1.165, 1.54) is 7.05 Å². The van der Waals surface area contributed by atoms with E-state index < -0.39 is 34.1 Å². The maximum atomic E-state index is 14.1. The van der Waals surface area contributed by atoms with Gasteiger partial charge in [0.25, 0.3) is 10.2 Å². The molecule has 0 aromatic heterocycles. The highest BCUT2D eigenvalue weighted by molar-refractivity contribution is 7.87. The Morgan fingerprint density at radius 2 is 1.30 bits per heavy atom. The predicted octanol–water partition coefficient (Wildman–Crippen LogP) is 1.00. The molecular weight excluding hydrogens is 737 g/mol. The van der Waals surface area contributed by atoms with Crippen LogP contribution in [-0.4, -0.2) is 117 Å². The summed E-state index contributed by atoms with van der Waals surface area (Å²) in [4.78, 5) is 58.0. The van der Waals surface area contributed by atoms with Gasteiger partial charge in [0.2, 0.25) is 23.6 Å². The van der Waals surface area contributed by atoms with E-state index in [9.17, 15) is 27.6 Å². The zero-order valence-corrected chi connectivity index (χ0v) is 32.7. The minimum Gasteiger partial charge on any atom is -0.384 e. The lowest BCUT2D eigenvalue weighted by atomic mass is 10.0. The van der Waals surface area contributed by atoms with Crippen LogP contribution >= 0.6 is 0 Å². The molecule has 16 nitrogen and oxygen atoms in total. The molecule has 300 valence electrons. The monoisotopic (exact) mass is 788 g/mol. The number of amides is 4. The van der Waals surface area contributed by atoms with Crippen LogP contribution in [0.4, 0.5) is 11.4 Å². The number of hydrogen-bond acceptors (Lipinski definition) is 9. The van der Waals surface area contributed by atoms with Crippen LogP contribution in [0.5, 0.6) is 0 Å². The van der Waals surface area contributed by atoms with Crippen molar-refractivity contribution in [1.29, 1.82) is 5.41 Å². The fourth-order valence-corrected chi connectivity index (χ4v) is 7.42. The molecule has 56 heavy (non-hydrogen) atoms. The molecule has 3 aromatic carbocycles. The van der Waals surface area contributed by atoms with E-state index in [-0.39, 0.29) is 43.6 Å². The molecule has 17 heteroatoms. The van der Waals surface area contributed by atoms with Gasteiger partial charge in [-0.25, -0.2) is 0 Å². The number of nitrogens with one attached hydrogen (secondary N) is 6. The fraction of sp³-hybridized carbons (Fsp3) is 0.410. The number of fused-ring (bicyclic) bond motifs is 3. The Bertz CT molecular complexity index is 1950. The normalized spacial score (nSPS) is 21.6. The van der Waals surface area contributed by atoms with Gasteiger partial charge in [0, 0.05) is 95.6 Å². The summed E-state index contributed by atoms with van der Waals surface area (Å²) in [6, 6.07) is 18.2. The van der Waals surface area contributed by atoms with Crippen molar-refractivity contribution in [2.45, 2.75) is 51.2 Å². The molecule has 0 radical (unpaired) electrons. The molecule has 4 amide bonds. The van der Waals surface area contributed by atoms with Crippen molar-refractivity contribution in [1.82, 2.24) is 29.5 Å². The van der Waals surface area contributed by atoms with Gasteiger partial charge in [-0.15, -0.1) is 0 Å². The first-order chi connectivity index (χ1) is 26.8. The first-order valence-electron chi connectivity index (χ1n) is 18.7. The van der Waals surface area contributed by atoms with Gasteiger partial charge in [0.05, 0.1) is 0 Å². The average Bonchev–Trinajstić information content (AvgIpc) is 3.19. The average molecular weight is 789 g/mol. The molecular formula is C39H52N10O6S. The highest BCUT2D eigenvalue weighted by Gasteiger charge is 2.31. The smallest absolute Gasteiger partial charge is 0.279 e. The van der Waals surface area contributed by atoms with Gasteiger partial charge in [-0.1, -0.05) is 55.5 Å². The van der Waals surface area contributed by atoms with Crippen molar-refractivity contribution in [3.05, 3.63) is 95.1 Å². The van der Waals surface area contributed by atoms with Gasteiger partial charge >= 0.3 is 0 Å². The third-order valence-electron chi connectivity index (χ3n) is 9.96. The van der Waals surface area contributed by atoms with Crippen molar-refractivity contribution < 1.29 is 27.6 Å². The molecule has 8 rings (SSSR count). The first kappa shape index (κ1) is 42.0. The predicted molar refractivity (Wildman–Crippen MR) is 215 cm³/mol. The number of nitrogens with zero attached hydrogens (tertiary/aromatic N) is 3. The lowest BCUT2D eigenvalue weighted by Gasteiger charge is -2.34. The topological polar surface area (TPSA) is 222 Å². The van der Waals surface area contributed by atoms with Crippen molar-refractivity contribution in [2.24, 2.45) is 5.73 Å². The van der Waals surface area contributed by atoms with Crippen LogP contribution in [0.25, 0.3) is 0 Å². The first-order valence-corrected chi connectivity index (χ1v) is 20.2. The molecule has 8 N–H and O–H groups in total. The summed E-state index contributed by atoms with van der Waals surface area (Å²) < 4.78 is 30.1. The van der Waals surface area contributed by atoms with Crippen molar-refractivity contribution in [2.75, 3.05) is 63.5 Å². The highest BCUT2D eigenvalue weighted by atomic mass is 32.2. The van der Waals surface area contributed by atoms with Gasteiger partial charge in [0.1, 0.15) is 17.9 Å². The van der Waals surface area contributed by atoms with E-state index in [1.54, 1.807) is 79.7 Å².